The lowest BCUT2D eigenvalue weighted by Gasteiger charge is -2.17. The third kappa shape index (κ3) is 1.95. The smallest absolute Gasteiger partial charge is 0.243 e. The number of aromatic nitrogens is 3. The summed E-state index contributed by atoms with van der Waals surface area (Å²) < 4.78 is 1.79. The van der Waals surface area contributed by atoms with Gasteiger partial charge in [-0.05, 0) is 31.4 Å². The summed E-state index contributed by atoms with van der Waals surface area (Å²) in [7, 11) is 0. The van der Waals surface area contributed by atoms with Crippen molar-refractivity contribution >= 4 is 11.6 Å². The first-order valence-electron chi connectivity index (χ1n) is 6.47. The van der Waals surface area contributed by atoms with Crippen LogP contribution in [0.2, 0.25) is 0 Å². The second kappa shape index (κ2) is 4.57. The summed E-state index contributed by atoms with van der Waals surface area (Å²) >= 11 is 0. The number of pyridine rings is 1. The van der Waals surface area contributed by atoms with Crippen LogP contribution in [0.25, 0.3) is 5.65 Å². The van der Waals surface area contributed by atoms with Crippen molar-refractivity contribution in [1.82, 2.24) is 14.6 Å². The average Bonchev–Trinajstić information content (AvgIpc) is 2.96. The van der Waals surface area contributed by atoms with Crippen molar-refractivity contribution in [2.45, 2.75) is 32.2 Å². The highest BCUT2D eigenvalue weighted by atomic mass is 16.3. The Hall–Kier alpha value is -1.62. The van der Waals surface area contributed by atoms with Gasteiger partial charge in [-0.3, -0.25) is 0 Å². The molecule has 2 aromatic heterocycles. The molecule has 1 fully saturated rings. The van der Waals surface area contributed by atoms with Crippen molar-refractivity contribution in [2.75, 3.05) is 11.9 Å². The molecule has 0 radical (unpaired) electrons. The lowest BCUT2D eigenvalue weighted by atomic mass is 10.1. The van der Waals surface area contributed by atoms with Crippen LogP contribution in [0.15, 0.2) is 18.3 Å². The first-order chi connectivity index (χ1) is 8.78. The maximum absolute atomic E-state index is 9.31. The second-order valence-corrected chi connectivity index (χ2v) is 5.02. The number of nitrogens with one attached hydrogen (secondary N) is 1. The molecule has 2 N–H and O–H groups in total. The Morgan fingerprint density at radius 3 is 3.17 bits per heavy atom. The molecule has 18 heavy (non-hydrogen) atoms. The van der Waals surface area contributed by atoms with E-state index >= 15 is 0 Å². The van der Waals surface area contributed by atoms with Crippen LogP contribution in [0.1, 0.15) is 24.8 Å². The Morgan fingerprint density at radius 2 is 2.39 bits per heavy atom. The molecule has 2 aromatic rings. The summed E-state index contributed by atoms with van der Waals surface area (Å²) in [5.74, 6) is 0.993. The predicted molar refractivity (Wildman–Crippen MR) is 69.6 cm³/mol. The Kier molecular flexibility index (Phi) is 2.91. The summed E-state index contributed by atoms with van der Waals surface area (Å²) in [5, 5.41) is 17.1. The first kappa shape index (κ1) is 11.5. The van der Waals surface area contributed by atoms with Crippen LogP contribution in [-0.2, 0) is 0 Å². The fourth-order valence-corrected chi connectivity index (χ4v) is 2.71. The summed E-state index contributed by atoms with van der Waals surface area (Å²) in [6, 6.07) is 4.29. The molecule has 5 nitrogen and oxygen atoms in total. The molecule has 1 saturated carbocycles. The first-order valence-corrected chi connectivity index (χ1v) is 6.47. The topological polar surface area (TPSA) is 62.5 Å². The molecule has 5 heteroatoms. The molecule has 2 heterocycles. The van der Waals surface area contributed by atoms with E-state index in [1.807, 2.05) is 25.3 Å². The molecule has 0 saturated heterocycles. The molecule has 0 aromatic carbocycles. The molecule has 3 rings (SSSR count). The van der Waals surface area contributed by atoms with Crippen molar-refractivity contribution in [1.29, 1.82) is 0 Å². The minimum absolute atomic E-state index is 0.240. The van der Waals surface area contributed by atoms with Crippen LogP contribution >= 0.6 is 0 Å². The van der Waals surface area contributed by atoms with Gasteiger partial charge in [-0.1, -0.05) is 12.5 Å². The van der Waals surface area contributed by atoms with Gasteiger partial charge in [-0.25, -0.2) is 4.52 Å². The normalized spacial score (nSPS) is 23.7. The van der Waals surface area contributed by atoms with Crippen LogP contribution < -0.4 is 5.32 Å². The quantitative estimate of drug-likeness (QED) is 0.863. The molecular weight excluding hydrogens is 228 g/mol. The third-order valence-electron chi connectivity index (χ3n) is 3.77. The number of hydrogen-bond donors (Lipinski definition) is 2. The van der Waals surface area contributed by atoms with Crippen molar-refractivity contribution in [3.63, 3.8) is 0 Å². The number of aryl methyl sites for hydroxylation is 1. The zero-order valence-corrected chi connectivity index (χ0v) is 10.5. The van der Waals surface area contributed by atoms with Gasteiger partial charge in [0.25, 0.3) is 0 Å². The fraction of sp³-hybridized carbons (Fsp3) is 0.538. The Labute approximate surface area is 106 Å². The van der Waals surface area contributed by atoms with Crippen LogP contribution in [0.5, 0.6) is 0 Å². The summed E-state index contributed by atoms with van der Waals surface area (Å²) in [6.07, 6.45) is 5.23. The number of fused-ring (bicyclic) bond motifs is 1. The Morgan fingerprint density at radius 1 is 1.50 bits per heavy atom. The van der Waals surface area contributed by atoms with Gasteiger partial charge in [0.15, 0.2) is 5.65 Å². The second-order valence-electron chi connectivity index (χ2n) is 5.02. The lowest BCUT2D eigenvalue weighted by molar-refractivity contribution is 0.222. The molecule has 0 spiro atoms. The highest BCUT2D eigenvalue weighted by Gasteiger charge is 2.27. The van der Waals surface area contributed by atoms with Gasteiger partial charge in [0.05, 0.1) is 0 Å². The molecule has 96 valence electrons. The highest BCUT2D eigenvalue weighted by Crippen LogP contribution is 2.27. The SMILES string of the molecule is Cc1cccn2nc(NC3CCCC3CO)nc12. The molecule has 1 aliphatic rings. The molecule has 0 aliphatic heterocycles. The molecule has 2 unspecified atom stereocenters. The number of aliphatic hydroxyl groups is 1. The van der Waals surface area contributed by atoms with Crippen LogP contribution in [0.4, 0.5) is 5.95 Å². The summed E-state index contributed by atoms with van der Waals surface area (Å²) in [6.45, 7) is 2.27. The van der Waals surface area contributed by atoms with Crippen molar-refractivity contribution in [3.8, 4) is 0 Å². The van der Waals surface area contributed by atoms with Crippen molar-refractivity contribution in [3.05, 3.63) is 23.9 Å². The van der Waals surface area contributed by atoms with Gasteiger partial charge in [0.1, 0.15) is 0 Å². The van der Waals surface area contributed by atoms with Crippen LogP contribution in [0, 0.1) is 12.8 Å². The minimum atomic E-state index is 0.240. The van der Waals surface area contributed by atoms with E-state index in [1.54, 1.807) is 4.52 Å². The van der Waals surface area contributed by atoms with E-state index in [0.717, 1.165) is 30.5 Å². The molecule has 1 aliphatic carbocycles. The molecule has 0 amide bonds. The van der Waals surface area contributed by atoms with E-state index in [9.17, 15) is 5.11 Å². The van der Waals surface area contributed by atoms with E-state index in [-0.39, 0.29) is 6.61 Å². The zero-order chi connectivity index (χ0) is 12.5. The van der Waals surface area contributed by atoms with E-state index in [4.69, 9.17) is 0 Å². The maximum atomic E-state index is 9.31. The Bertz CT molecular complexity index is 551. The monoisotopic (exact) mass is 246 g/mol. The third-order valence-corrected chi connectivity index (χ3v) is 3.77. The number of aliphatic hydroxyl groups excluding tert-OH is 1. The minimum Gasteiger partial charge on any atom is -0.396 e. The standard InChI is InChI=1S/C13H18N4O/c1-9-4-3-7-17-12(9)15-13(16-17)14-11-6-2-5-10(11)8-18/h3-4,7,10-11,18H,2,5-6,8H2,1H3,(H,14,16). The van der Waals surface area contributed by atoms with Crippen LogP contribution in [0.3, 0.4) is 0 Å². The van der Waals surface area contributed by atoms with Gasteiger partial charge in [-0.2, -0.15) is 4.98 Å². The fourth-order valence-electron chi connectivity index (χ4n) is 2.71. The number of hydrogen-bond acceptors (Lipinski definition) is 4. The number of nitrogens with zero attached hydrogens (tertiary/aromatic N) is 3. The van der Waals surface area contributed by atoms with E-state index in [1.165, 1.54) is 0 Å². The highest BCUT2D eigenvalue weighted by molar-refractivity contribution is 5.50. The van der Waals surface area contributed by atoms with Crippen molar-refractivity contribution < 1.29 is 5.11 Å². The van der Waals surface area contributed by atoms with Gasteiger partial charge < -0.3 is 10.4 Å². The van der Waals surface area contributed by atoms with Gasteiger partial charge in [0.2, 0.25) is 5.95 Å². The average molecular weight is 246 g/mol. The van der Waals surface area contributed by atoms with E-state index in [2.05, 4.69) is 15.4 Å². The number of anilines is 1. The van der Waals surface area contributed by atoms with E-state index in [0.29, 0.717) is 17.9 Å². The summed E-state index contributed by atoms with van der Waals surface area (Å²) in [4.78, 5) is 4.50. The maximum Gasteiger partial charge on any atom is 0.243 e. The number of rotatable bonds is 3. The van der Waals surface area contributed by atoms with Gasteiger partial charge in [-0.15, -0.1) is 5.10 Å². The zero-order valence-electron chi connectivity index (χ0n) is 10.5. The molecule has 0 bridgehead atoms. The lowest BCUT2D eigenvalue weighted by Crippen LogP contribution is -2.26. The van der Waals surface area contributed by atoms with Gasteiger partial charge >= 0.3 is 0 Å². The summed E-state index contributed by atoms with van der Waals surface area (Å²) in [5.41, 5.74) is 2.00. The molecular formula is C13H18N4O. The van der Waals surface area contributed by atoms with E-state index < -0.39 is 0 Å². The predicted octanol–water partition coefficient (Wildman–Crippen LogP) is 1.61. The molecule has 2 atom stereocenters. The van der Waals surface area contributed by atoms with Crippen LogP contribution in [-0.4, -0.2) is 32.4 Å². The van der Waals surface area contributed by atoms with Gasteiger partial charge in [0, 0.05) is 24.8 Å². The largest absolute Gasteiger partial charge is 0.396 e. The Balaban J connectivity index is 1.84. The van der Waals surface area contributed by atoms with Crippen molar-refractivity contribution in [2.24, 2.45) is 5.92 Å².